The summed E-state index contributed by atoms with van der Waals surface area (Å²) in [6, 6.07) is 17.6. The van der Waals surface area contributed by atoms with Gasteiger partial charge in [-0.05, 0) is 47.5 Å². The molecule has 48 heavy (non-hydrogen) atoms. The van der Waals surface area contributed by atoms with Gasteiger partial charge in [0.2, 0.25) is 0 Å². The quantitative estimate of drug-likeness (QED) is 0.141. The van der Waals surface area contributed by atoms with Crippen LogP contribution in [0.5, 0.6) is 0 Å². The molecule has 2 aliphatic heterocycles. The first-order valence-electron chi connectivity index (χ1n) is 14.8. The van der Waals surface area contributed by atoms with Gasteiger partial charge < -0.3 is 26.0 Å². The van der Waals surface area contributed by atoms with Crippen molar-refractivity contribution in [3.8, 4) is 0 Å². The van der Waals surface area contributed by atoms with Gasteiger partial charge in [-0.2, -0.15) is 13.2 Å². The van der Waals surface area contributed by atoms with Gasteiger partial charge in [0.15, 0.2) is 5.69 Å². The summed E-state index contributed by atoms with van der Waals surface area (Å²) in [6.45, 7) is 2.37. The summed E-state index contributed by atoms with van der Waals surface area (Å²) in [4.78, 5) is 34.7. The van der Waals surface area contributed by atoms with Crippen LogP contribution in [0.25, 0.3) is 0 Å². The molecule has 0 bridgehead atoms. The van der Waals surface area contributed by atoms with Crippen LogP contribution in [0, 0.1) is 0 Å². The minimum absolute atomic E-state index is 0.0975. The summed E-state index contributed by atoms with van der Waals surface area (Å²) in [7, 11) is 1.75. The molecule has 2 aliphatic rings. The first kappa shape index (κ1) is 34.8. The number of nitrogens with one attached hydrogen (secondary N) is 4. The van der Waals surface area contributed by atoms with Gasteiger partial charge in [0, 0.05) is 63.7 Å². The van der Waals surface area contributed by atoms with Crippen molar-refractivity contribution in [1.29, 1.82) is 0 Å². The predicted octanol–water partition coefficient (Wildman–Crippen LogP) is 5.12. The Morgan fingerprint density at radius 2 is 1.38 bits per heavy atom. The zero-order valence-electron chi connectivity index (χ0n) is 25.7. The average molecular weight is 686 g/mol. The normalized spacial score (nSPS) is 16.0. The highest BCUT2D eigenvalue weighted by Gasteiger charge is 2.37. The summed E-state index contributed by atoms with van der Waals surface area (Å²) in [6.07, 6.45) is -0.752. The monoisotopic (exact) mass is 685 g/mol. The maximum absolute atomic E-state index is 14.0. The Morgan fingerprint density at radius 3 is 1.81 bits per heavy atom. The van der Waals surface area contributed by atoms with Gasteiger partial charge in [-0.15, -0.1) is 0 Å². The van der Waals surface area contributed by atoms with E-state index in [2.05, 4.69) is 36.2 Å². The number of halogens is 5. The lowest BCUT2D eigenvalue weighted by Gasteiger charge is -2.41. The molecule has 6 rings (SSSR count). The number of carbonyl (C=O) groups excluding carboxylic acids is 2. The number of benzene rings is 2. The number of aromatic nitrogens is 3. The van der Waals surface area contributed by atoms with Crippen LogP contribution in [0.15, 0.2) is 79.3 Å². The molecule has 0 atom stereocenters. The van der Waals surface area contributed by atoms with Gasteiger partial charge in [0.1, 0.15) is 16.5 Å². The van der Waals surface area contributed by atoms with Crippen molar-refractivity contribution in [2.75, 3.05) is 43.9 Å². The Kier molecular flexibility index (Phi) is 10.7. The largest absolute Gasteiger partial charge is 0.434 e. The van der Waals surface area contributed by atoms with Crippen LogP contribution in [0.2, 0.25) is 5.15 Å². The van der Waals surface area contributed by atoms with Gasteiger partial charge in [-0.25, -0.2) is 19.3 Å². The molecule has 252 valence electrons. The highest BCUT2D eigenvalue weighted by molar-refractivity contribution is 6.29. The Bertz CT molecular complexity index is 1690. The third-order valence-corrected chi connectivity index (χ3v) is 8.07. The van der Waals surface area contributed by atoms with Crippen LogP contribution in [0.1, 0.15) is 37.7 Å². The topological polar surface area (TPSA) is 130 Å². The first-order valence-corrected chi connectivity index (χ1v) is 15.2. The number of amides is 2. The average Bonchev–Trinajstić information content (AvgIpc) is 3.04. The smallest absolute Gasteiger partial charge is 0.375 e. The summed E-state index contributed by atoms with van der Waals surface area (Å²) >= 11 is 5.72. The number of anilines is 2. The van der Waals surface area contributed by atoms with E-state index in [0.29, 0.717) is 35.7 Å². The van der Waals surface area contributed by atoms with Gasteiger partial charge >= 0.3 is 6.18 Å². The zero-order chi connectivity index (χ0) is 34.4. The van der Waals surface area contributed by atoms with Crippen LogP contribution >= 0.6 is 11.6 Å². The van der Waals surface area contributed by atoms with Crippen LogP contribution in [-0.2, 0) is 23.8 Å². The van der Waals surface area contributed by atoms with Crippen molar-refractivity contribution < 1.29 is 31.9 Å². The van der Waals surface area contributed by atoms with E-state index in [4.69, 9.17) is 16.3 Å². The van der Waals surface area contributed by atoms with Crippen molar-refractivity contribution >= 4 is 34.8 Å². The highest BCUT2D eigenvalue weighted by atomic mass is 35.5. The SMILES string of the molecule is COC1(Cc2ccc(NC(=O)c3ccc(Cl)nc3)cc2)CNC1.O=C(Nc1ccc(CC2(F)CNC2)cc1)c1cnc(C(F)(F)F)cn1. The van der Waals surface area contributed by atoms with Gasteiger partial charge in [0.25, 0.3) is 11.8 Å². The fraction of sp³-hybridized carbons (Fsp3) is 0.303. The van der Waals surface area contributed by atoms with Gasteiger partial charge in [-0.1, -0.05) is 35.9 Å². The minimum atomic E-state index is -4.61. The molecule has 15 heteroatoms. The van der Waals surface area contributed by atoms with E-state index in [9.17, 15) is 27.2 Å². The Labute approximate surface area is 278 Å². The van der Waals surface area contributed by atoms with Crippen molar-refractivity contribution in [2.24, 2.45) is 0 Å². The summed E-state index contributed by atoms with van der Waals surface area (Å²) in [5, 5.41) is 11.8. The summed E-state index contributed by atoms with van der Waals surface area (Å²) < 4.78 is 56.9. The number of hydrogen-bond acceptors (Lipinski definition) is 8. The minimum Gasteiger partial charge on any atom is -0.375 e. The Balaban J connectivity index is 0.000000188. The number of carbonyl (C=O) groups is 2. The molecule has 0 aliphatic carbocycles. The van der Waals surface area contributed by atoms with Crippen molar-refractivity contribution in [3.63, 3.8) is 0 Å². The number of alkyl halides is 4. The van der Waals surface area contributed by atoms with E-state index in [1.165, 1.54) is 11.8 Å². The maximum Gasteiger partial charge on any atom is 0.434 e. The third kappa shape index (κ3) is 9.10. The molecule has 4 N–H and O–H groups in total. The van der Waals surface area contributed by atoms with Crippen molar-refractivity contribution in [3.05, 3.63) is 112 Å². The standard InChI is InChI=1S/C17H18ClN3O2.C16H14F4N4O/c1-23-17(10-19-11-17)8-12-2-5-14(6-3-12)21-16(22)13-4-7-15(18)20-9-13;17-15(8-21-9-15)5-10-1-3-11(4-2-10)24-14(25)12-6-23-13(7-22-12)16(18,19)20/h2-7,9,19H,8,10-11H2,1H3,(H,21,22);1-4,6-7,21H,5,8-9H2,(H,24,25). The molecule has 2 saturated heterocycles. The Morgan fingerprint density at radius 1 is 0.792 bits per heavy atom. The summed E-state index contributed by atoms with van der Waals surface area (Å²) in [5.74, 6) is -0.891. The molecular weight excluding hydrogens is 654 g/mol. The Hall–Kier alpha value is -4.50. The molecule has 2 aromatic heterocycles. The first-order chi connectivity index (χ1) is 22.9. The second-order valence-corrected chi connectivity index (χ2v) is 11.9. The van der Waals surface area contributed by atoms with Gasteiger partial charge in [0.05, 0.1) is 23.6 Å². The molecule has 2 amide bonds. The van der Waals surface area contributed by atoms with Crippen LogP contribution in [-0.4, -0.2) is 71.3 Å². The highest BCUT2D eigenvalue weighted by Crippen LogP contribution is 2.27. The molecule has 10 nitrogen and oxygen atoms in total. The van der Waals surface area contributed by atoms with Gasteiger partial charge in [-0.3, -0.25) is 9.59 Å². The fourth-order valence-electron chi connectivity index (χ4n) is 4.92. The molecule has 0 spiro atoms. The number of ether oxygens (including phenoxy) is 1. The maximum atomic E-state index is 14.0. The predicted molar refractivity (Wildman–Crippen MR) is 172 cm³/mol. The number of nitrogens with zero attached hydrogens (tertiary/aromatic N) is 3. The molecule has 0 saturated carbocycles. The van der Waals surface area contributed by atoms with Crippen LogP contribution < -0.4 is 21.3 Å². The van der Waals surface area contributed by atoms with E-state index < -0.39 is 23.4 Å². The number of pyridine rings is 1. The molecular formula is C33H32ClF4N7O3. The van der Waals surface area contributed by atoms with Crippen LogP contribution in [0.4, 0.5) is 28.9 Å². The van der Waals surface area contributed by atoms with E-state index in [1.807, 2.05) is 24.3 Å². The number of rotatable bonds is 9. The van der Waals surface area contributed by atoms with Crippen LogP contribution in [0.3, 0.4) is 0 Å². The second kappa shape index (κ2) is 14.7. The lowest BCUT2D eigenvalue weighted by atomic mass is 9.89. The summed E-state index contributed by atoms with van der Waals surface area (Å²) in [5.41, 5.74) is 0.870. The molecule has 0 radical (unpaired) electrons. The van der Waals surface area contributed by atoms with E-state index in [-0.39, 0.29) is 23.6 Å². The van der Waals surface area contributed by atoms with Crippen molar-refractivity contribution in [2.45, 2.75) is 30.3 Å². The number of hydrogen-bond donors (Lipinski definition) is 4. The lowest BCUT2D eigenvalue weighted by molar-refractivity contribution is -0.141. The number of methoxy groups -OCH3 is 1. The van der Waals surface area contributed by atoms with Crippen molar-refractivity contribution in [1.82, 2.24) is 25.6 Å². The molecule has 4 aromatic rings. The molecule has 4 heterocycles. The molecule has 2 aromatic carbocycles. The lowest BCUT2D eigenvalue weighted by Crippen LogP contribution is -2.61. The molecule has 2 fully saturated rings. The second-order valence-electron chi connectivity index (χ2n) is 11.6. The van der Waals surface area contributed by atoms with E-state index in [0.717, 1.165) is 37.0 Å². The van der Waals surface area contributed by atoms with E-state index in [1.54, 1.807) is 43.5 Å². The zero-order valence-corrected chi connectivity index (χ0v) is 26.5. The molecule has 0 unspecified atom stereocenters. The third-order valence-electron chi connectivity index (χ3n) is 7.85. The fourth-order valence-corrected chi connectivity index (χ4v) is 5.03. The van der Waals surface area contributed by atoms with E-state index >= 15 is 0 Å².